The van der Waals surface area contributed by atoms with Crippen molar-refractivity contribution in [2.24, 2.45) is 5.92 Å². The molecule has 6 nitrogen and oxygen atoms in total. The highest BCUT2D eigenvalue weighted by Crippen LogP contribution is 2.38. The molecule has 25 heavy (non-hydrogen) atoms. The third-order valence-electron chi connectivity index (χ3n) is 7.07. The average Bonchev–Trinajstić information content (AvgIpc) is 2.66. The fourth-order valence-electron chi connectivity index (χ4n) is 5.33. The highest BCUT2D eigenvalue weighted by atomic mass is 16.5. The molecular weight excluding hydrogens is 316 g/mol. The van der Waals surface area contributed by atoms with E-state index in [0.29, 0.717) is 0 Å². The van der Waals surface area contributed by atoms with E-state index >= 15 is 0 Å². The van der Waals surface area contributed by atoms with Crippen LogP contribution in [0.1, 0.15) is 77.0 Å². The molecule has 2 saturated heterocycles. The van der Waals surface area contributed by atoms with Gasteiger partial charge < -0.3 is 4.74 Å². The van der Waals surface area contributed by atoms with Crippen molar-refractivity contribution in [2.75, 3.05) is 13.1 Å². The maximum Gasteiger partial charge on any atom is 0.309 e. The molecule has 4 rings (SSSR count). The quantitative estimate of drug-likeness (QED) is 0.570. The Morgan fingerprint density at radius 2 is 1.28 bits per heavy atom. The number of carbonyl (C=O) groups excluding carboxylic acids is 1. The van der Waals surface area contributed by atoms with Gasteiger partial charge in [0.25, 0.3) is 0 Å². The Balaban J connectivity index is 1.22. The van der Waals surface area contributed by atoms with E-state index in [4.69, 9.17) is 4.74 Å². The molecule has 0 bridgehead atoms. The smallest absolute Gasteiger partial charge is 0.309 e. The van der Waals surface area contributed by atoms with Crippen LogP contribution in [0.3, 0.4) is 0 Å². The zero-order valence-corrected chi connectivity index (χ0v) is 15.4. The number of nitrogens with one attached hydrogen (secondary N) is 4. The van der Waals surface area contributed by atoms with Gasteiger partial charge in [-0.2, -0.15) is 0 Å². The molecule has 2 heterocycles. The highest BCUT2D eigenvalue weighted by molar-refractivity contribution is 5.72. The summed E-state index contributed by atoms with van der Waals surface area (Å²) in [4.78, 5) is 12.6. The van der Waals surface area contributed by atoms with Crippen LogP contribution in [0.15, 0.2) is 0 Å². The lowest BCUT2D eigenvalue weighted by Gasteiger charge is -2.44. The minimum atomic E-state index is 0.0642. The lowest BCUT2D eigenvalue weighted by Crippen LogP contribution is -2.58. The highest BCUT2D eigenvalue weighted by Gasteiger charge is 2.41. The van der Waals surface area contributed by atoms with Crippen LogP contribution in [0, 0.1) is 5.92 Å². The Bertz CT molecular complexity index is 452. The summed E-state index contributed by atoms with van der Waals surface area (Å²) in [6, 6.07) is 0. The average molecular weight is 351 g/mol. The van der Waals surface area contributed by atoms with Crippen molar-refractivity contribution in [3.05, 3.63) is 0 Å². The van der Waals surface area contributed by atoms with Crippen molar-refractivity contribution < 1.29 is 9.53 Å². The van der Waals surface area contributed by atoms with E-state index < -0.39 is 0 Å². The molecule has 2 aliphatic heterocycles. The topological polar surface area (TPSA) is 74.4 Å². The molecule has 4 aliphatic rings. The first-order valence-electron chi connectivity index (χ1n) is 10.4. The van der Waals surface area contributed by atoms with E-state index in [1.54, 1.807) is 0 Å². The molecule has 0 atom stereocenters. The zero-order chi connectivity index (χ0) is 17.2. The Hall–Kier alpha value is -0.690. The number of carbonyl (C=O) groups is 1. The van der Waals surface area contributed by atoms with Crippen LogP contribution in [0.5, 0.6) is 0 Å². The second-order valence-electron chi connectivity index (χ2n) is 8.78. The van der Waals surface area contributed by atoms with Gasteiger partial charge in [-0.15, -0.1) is 0 Å². The van der Waals surface area contributed by atoms with Crippen molar-refractivity contribution >= 4 is 5.97 Å². The Morgan fingerprint density at radius 1 is 0.760 bits per heavy atom. The predicted octanol–water partition coefficient (Wildman–Crippen LogP) is 1.92. The van der Waals surface area contributed by atoms with Crippen LogP contribution in [0.4, 0.5) is 0 Å². The van der Waals surface area contributed by atoms with Crippen LogP contribution in [0.25, 0.3) is 0 Å². The molecule has 0 amide bonds. The van der Waals surface area contributed by atoms with Crippen LogP contribution in [0.2, 0.25) is 0 Å². The van der Waals surface area contributed by atoms with Crippen molar-refractivity contribution in [2.45, 2.75) is 94.2 Å². The molecule has 4 fully saturated rings. The summed E-state index contributed by atoms with van der Waals surface area (Å²) in [7, 11) is 0. The van der Waals surface area contributed by atoms with E-state index in [1.165, 1.54) is 25.7 Å². The Morgan fingerprint density at radius 3 is 1.76 bits per heavy atom. The van der Waals surface area contributed by atoms with Gasteiger partial charge in [-0.3, -0.25) is 26.5 Å². The lowest BCUT2D eigenvalue weighted by atomic mass is 9.74. The number of hydrazine groups is 2. The number of ether oxygens (including phenoxy) is 1. The Kier molecular flexibility index (Phi) is 5.32. The monoisotopic (exact) mass is 350 g/mol. The fourth-order valence-corrected chi connectivity index (χ4v) is 5.33. The molecule has 0 radical (unpaired) electrons. The number of hydrogen-bond donors (Lipinski definition) is 4. The zero-order valence-electron chi connectivity index (χ0n) is 15.4. The fraction of sp³-hybridized carbons (Fsp3) is 0.947. The second-order valence-corrected chi connectivity index (χ2v) is 8.78. The van der Waals surface area contributed by atoms with Crippen LogP contribution >= 0.6 is 0 Å². The summed E-state index contributed by atoms with van der Waals surface area (Å²) >= 11 is 0. The maximum absolute atomic E-state index is 12.6. The molecule has 0 aromatic heterocycles. The summed E-state index contributed by atoms with van der Waals surface area (Å²) in [6.45, 7) is 2.12. The van der Waals surface area contributed by atoms with E-state index in [2.05, 4.69) is 21.7 Å². The van der Waals surface area contributed by atoms with Gasteiger partial charge in [0.05, 0.1) is 5.92 Å². The lowest BCUT2D eigenvalue weighted by molar-refractivity contribution is -0.158. The van der Waals surface area contributed by atoms with Crippen molar-refractivity contribution in [1.82, 2.24) is 21.7 Å². The van der Waals surface area contributed by atoms with Gasteiger partial charge in [0, 0.05) is 24.2 Å². The molecule has 2 saturated carbocycles. The molecule has 142 valence electrons. The molecule has 0 unspecified atom stereocenters. The summed E-state index contributed by atoms with van der Waals surface area (Å²) in [5.41, 5.74) is 14.1. The molecule has 2 spiro atoms. The van der Waals surface area contributed by atoms with Gasteiger partial charge in [0.15, 0.2) is 0 Å². The van der Waals surface area contributed by atoms with Gasteiger partial charge in [0.2, 0.25) is 0 Å². The van der Waals surface area contributed by atoms with Crippen molar-refractivity contribution in [1.29, 1.82) is 0 Å². The van der Waals surface area contributed by atoms with Crippen molar-refractivity contribution in [3.8, 4) is 0 Å². The largest absolute Gasteiger partial charge is 0.462 e. The van der Waals surface area contributed by atoms with Gasteiger partial charge in [0.1, 0.15) is 6.10 Å². The first kappa shape index (κ1) is 17.7. The summed E-state index contributed by atoms with van der Waals surface area (Å²) in [6.07, 6.45) is 13.4. The Labute approximate surface area is 151 Å². The van der Waals surface area contributed by atoms with E-state index in [-0.39, 0.29) is 29.1 Å². The first-order valence-corrected chi connectivity index (χ1v) is 10.4. The molecule has 6 heteroatoms. The normalized spacial score (nSPS) is 42.4. The second kappa shape index (κ2) is 7.51. The summed E-state index contributed by atoms with van der Waals surface area (Å²) < 4.78 is 5.92. The maximum atomic E-state index is 12.6. The molecular formula is C19H34N4O2. The van der Waals surface area contributed by atoms with E-state index in [9.17, 15) is 4.79 Å². The molecule has 0 aromatic rings. The minimum absolute atomic E-state index is 0.0642. The van der Waals surface area contributed by atoms with Gasteiger partial charge >= 0.3 is 5.97 Å². The SMILES string of the molecule is O=C(OC1CCC2(CCCNN2)CC1)C1CCC2(CCCNN2)CC1. The van der Waals surface area contributed by atoms with Crippen molar-refractivity contribution in [3.63, 3.8) is 0 Å². The molecule has 2 aliphatic carbocycles. The van der Waals surface area contributed by atoms with Gasteiger partial charge in [-0.25, -0.2) is 0 Å². The van der Waals surface area contributed by atoms with Gasteiger partial charge in [-0.1, -0.05) is 0 Å². The standard InChI is InChI=1S/C19H34N4O2/c24-17(15-3-9-18(10-4-15)7-1-13-20-22-18)25-16-5-11-19(12-6-16)8-2-14-21-23-19/h15-16,20-23H,1-14H2. The van der Waals surface area contributed by atoms with Gasteiger partial charge in [-0.05, 0) is 77.0 Å². The molecule has 0 aromatic carbocycles. The third-order valence-corrected chi connectivity index (χ3v) is 7.07. The van der Waals surface area contributed by atoms with E-state index in [1.807, 2.05) is 0 Å². The summed E-state index contributed by atoms with van der Waals surface area (Å²) in [5.74, 6) is 0.175. The number of hydrogen-bond acceptors (Lipinski definition) is 6. The first-order chi connectivity index (χ1) is 12.2. The van der Waals surface area contributed by atoms with Crippen LogP contribution in [-0.4, -0.2) is 36.2 Å². The van der Waals surface area contributed by atoms with E-state index in [0.717, 1.165) is 64.5 Å². The molecule has 4 N–H and O–H groups in total. The summed E-state index contributed by atoms with van der Waals surface area (Å²) in [5, 5.41) is 0. The van der Waals surface area contributed by atoms with Crippen LogP contribution in [-0.2, 0) is 9.53 Å². The minimum Gasteiger partial charge on any atom is -0.462 e. The van der Waals surface area contributed by atoms with Crippen LogP contribution < -0.4 is 21.7 Å². The predicted molar refractivity (Wildman–Crippen MR) is 96.5 cm³/mol. The third kappa shape index (κ3) is 4.02. The number of esters is 1. The number of rotatable bonds is 2.